The summed E-state index contributed by atoms with van der Waals surface area (Å²) >= 11 is 0. The summed E-state index contributed by atoms with van der Waals surface area (Å²) in [6.45, 7) is -0.139. The molecule has 0 radical (unpaired) electrons. The Balaban J connectivity index is 2.37. The highest BCUT2D eigenvalue weighted by atomic mass is 16.6. The molecule has 1 aromatic heterocycles. The number of hydrogen-bond donors (Lipinski definition) is 1. The molecule has 0 aliphatic heterocycles. The summed E-state index contributed by atoms with van der Waals surface area (Å²) in [5, 5.41) is 23.8. The molecule has 0 spiro atoms. The van der Waals surface area contributed by atoms with E-state index in [0.717, 1.165) is 0 Å². The van der Waals surface area contributed by atoms with Crippen LogP contribution in [-0.4, -0.2) is 26.9 Å². The molecule has 0 bridgehead atoms. The van der Waals surface area contributed by atoms with Gasteiger partial charge in [0.25, 0.3) is 0 Å². The van der Waals surface area contributed by atoms with Gasteiger partial charge in [0.15, 0.2) is 11.5 Å². The van der Waals surface area contributed by atoms with Gasteiger partial charge in [0.2, 0.25) is 0 Å². The molecule has 0 amide bonds. The molecule has 0 aliphatic carbocycles. The van der Waals surface area contributed by atoms with Crippen LogP contribution < -0.4 is 9.47 Å². The number of aliphatic hydroxyl groups is 1. The molecule has 2 aromatic rings. The lowest BCUT2D eigenvalue weighted by molar-refractivity contribution is -0.385. The van der Waals surface area contributed by atoms with Crippen molar-refractivity contribution in [2.24, 2.45) is 7.05 Å². The normalized spacial score (nSPS) is 10.3. The molecule has 0 saturated carbocycles. The van der Waals surface area contributed by atoms with Crippen LogP contribution in [0.5, 0.6) is 17.4 Å². The summed E-state index contributed by atoms with van der Waals surface area (Å²) in [5.74, 6) is 0.524. The predicted octanol–water partition coefficient (Wildman–Crippen LogP) is 1.62. The largest absolute Gasteiger partial charge is 0.493 e. The van der Waals surface area contributed by atoms with Gasteiger partial charge in [0.1, 0.15) is 6.20 Å². The smallest absolute Gasteiger partial charge is 0.350 e. The van der Waals surface area contributed by atoms with Crippen LogP contribution in [0.15, 0.2) is 24.4 Å². The molecule has 8 heteroatoms. The van der Waals surface area contributed by atoms with E-state index in [0.29, 0.717) is 11.3 Å². The summed E-state index contributed by atoms with van der Waals surface area (Å²) < 4.78 is 11.9. The number of benzene rings is 1. The average Bonchev–Trinajstić information content (AvgIpc) is 2.80. The van der Waals surface area contributed by atoms with E-state index in [1.54, 1.807) is 25.2 Å². The van der Waals surface area contributed by atoms with Crippen LogP contribution in [0, 0.1) is 10.1 Å². The van der Waals surface area contributed by atoms with E-state index >= 15 is 0 Å². The van der Waals surface area contributed by atoms with Crippen molar-refractivity contribution < 1.29 is 19.5 Å². The molecular formula is C12H13N3O5. The van der Waals surface area contributed by atoms with Crippen molar-refractivity contribution in [2.45, 2.75) is 6.61 Å². The highest BCUT2D eigenvalue weighted by molar-refractivity contribution is 5.48. The van der Waals surface area contributed by atoms with Gasteiger partial charge < -0.3 is 14.6 Å². The van der Waals surface area contributed by atoms with E-state index in [4.69, 9.17) is 14.6 Å². The quantitative estimate of drug-likeness (QED) is 0.659. The molecular weight excluding hydrogens is 266 g/mol. The number of ether oxygens (including phenoxy) is 2. The standard InChI is InChI=1S/C12H13N3O5/c1-14-6-9(15(17)18)12(13-14)20-10-4-3-8(7-16)5-11(10)19-2/h3-6,16H,7H2,1-2H3. The Kier molecular flexibility index (Phi) is 3.85. The van der Waals surface area contributed by atoms with E-state index in [1.807, 2.05) is 0 Å². The summed E-state index contributed by atoms with van der Waals surface area (Å²) in [7, 11) is 3.00. The minimum atomic E-state index is -0.573. The Morgan fingerprint density at radius 1 is 1.45 bits per heavy atom. The molecule has 2 rings (SSSR count). The Labute approximate surface area is 114 Å². The lowest BCUT2D eigenvalue weighted by Crippen LogP contribution is -1.95. The number of nitrogens with zero attached hydrogens (tertiary/aromatic N) is 3. The maximum Gasteiger partial charge on any atom is 0.350 e. The number of rotatable bonds is 5. The third-order valence-corrected chi connectivity index (χ3v) is 2.59. The zero-order valence-electron chi connectivity index (χ0n) is 10.9. The van der Waals surface area contributed by atoms with Crippen LogP contribution in [0.4, 0.5) is 5.69 Å². The molecule has 1 N–H and O–H groups in total. The van der Waals surface area contributed by atoms with Gasteiger partial charge in [-0.2, -0.15) is 0 Å². The van der Waals surface area contributed by atoms with Crippen molar-refractivity contribution in [1.82, 2.24) is 9.78 Å². The predicted molar refractivity (Wildman–Crippen MR) is 68.9 cm³/mol. The number of nitro groups is 1. The van der Waals surface area contributed by atoms with Crippen LogP contribution in [0.2, 0.25) is 0 Å². The topological polar surface area (TPSA) is 99.7 Å². The van der Waals surface area contributed by atoms with Gasteiger partial charge in [0.05, 0.1) is 18.6 Å². The molecule has 20 heavy (non-hydrogen) atoms. The minimum Gasteiger partial charge on any atom is -0.493 e. The fourth-order valence-electron chi connectivity index (χ4n) is 1.65. The van der Waals surface area contributed by atoms with Crippen molar-refractivity contribution in [3.63, 3.8) is 0 Å². The van der Waals surface area contributed by atoms with Gasteiger partial charge in [-0.15, -0.1) is 5.10 Å². The number of hydrogen-bond acceptors (Lipinski definition) is 6. The van der Waals surface area contributed by atoms with E-state index in [1.165, 1.54) is 18.0 Å². The molecule has 0 aliphatic rings. The van der Waals surface area contributed by atoms with Crippen molar-refractivity contribution in [1.29, 1.82) is 0 Å². The van der Waals surface area contributed by atoms with E-state index in [-0.39, 0.29) is 23.9 Å². The fourth-order valence-corrected chi connectivity index (χ4v) is 1.65. The minimum absolute atomic E-state index is 0.118. The van der Waals surface area contributed by atoms with Gasteiger partial charge in [0, 0.05) is 7.05 Å². The third-order valence-electron chi connectivity index (χ3n) is 2.59. The zero-order chi connectivity index (χ0) is 14.7. The zero-order valence-corrected chi connectivity index (χ0v) is 10.9. The van der Waals surface area contributed by atoms with Crippen molar-refractivity contribution in [3.8, 4) is 17.4 Å². The molecule has 0 saturated heterocycles. The molecule has 0 atom stereocenters. The van der Waals surface area contributed by atoms with E-state index < -0.39 is 4.92 Å². The first-order chi connectivity index (χ1) is 9.55. The lowest BCUT2D eigenvalue weighted by atomic mass is 10.2. The first-order valence-corrected chi connectivity index (χ1v) is 5.68. The first kappa shape index (κ1) is 13.8. The number of methoxy groups -OCH3 is 1. The summed E-state index contributed by atoms with van der Waals surface area (Å²) in [6, 6.07) is 4.78. The van der Waals surface area contributed by atoms with Crippen LogP contribution in [-0.2, 0) is 13.7 Å². The van der Waals surface area contributed by atoms with Gasteiger partial charge in [-0.05, 0) is 17.7 Å². The Bertz CT molecular complexity index is 638. The van der Waals surface area contributed by atoms with Crippen LogP contribution in [0.3, 0.4) is 0 Å². The van der Waals surface area contributed by atoms with Crippen LogP contribution >= 0.6 is 0 Å². The van der Waals surface area contributed by atoms with Gasteiger partial charge >= 0.3 is 11.6 Å². The van der Waals surface area contributed by atoms with Crippen molar-refractivity contribution in [3.05, 3.63) is 40.1 Å². The highest BCUT2D eigenvalue weighted by Crippen LogP contribution is 2.35. The first-order valence-electron chi connectivity index (χ1n) is 5.68. The Hall–Kier alpha value is -2.61. The summed E-state index contributed by atoms with van der Waals surface area (Å²) in [5.41, 5.74) is 0.408. The van der Waals surface area contributed by atoms with Gasteiger partial charge in [-0.25, -0.2) is 0 Å². The Morgan fingerprint density at radius 2 is 2.20 bits per heavy atom. The highest BCUT2D eigenvalue weighted by Gasteiger charge is 2.22. The second-order valence-electron chi connectivity index (χ2n) is 4.00. The molecule has 0 unspecified atom stereocenters. The third kappa shape index (κ3) is 2.69. The van der Waals surface area contributed by atoms with E-state index in [2.05, 4.69) is 5.10 Å². The molecule has 8 nitrogen and oxygen atoms in total. The molecule has 1 aromatic carbocycles. The maximum absolute atomic E-state index is 10.9. The summed E-state index contributed by atoms with van der Waals surface area (Å²) in [6.07, 6.45) is 1.25. The maximum atomic E-state index is 10.9. The van der Waals surface area contributed by atoms with Gasteiger partial charge in [-0.3, -0.25) is 14.8 Å². The fraction of sp³-hybridized carbons (Fsp3) is 0.250. The second kappa shape index (κ2) is 5.57. The van der Waals surface area contributed by atoms with Crippen LogP contribution in [0.25, 0.3) is 0 Å². The Morgan fingerprint density at radius 3 is 2.80 bits per heavy atom. The summed E-state index contributed by atoms with van der Waals surface area (Å²) in [4.78, 5) is 10.3. The van der Waals surface area contributed by atoms with Crippen molar-refractivity contribution in [2.75, 3.05) is 7.11 Å². The van der Waals surface area contributed by atoms with E-state index in [9.17, 15) is 10.1 Å². The van der Waals surface area contributed by atoms with Gasteiger partial charge in [-0.1, -0.05) is 6.07 Å². The molecule has 106 valence electrons. The second-order valence-corrected chi connectivity index (χ2v) is 4.00. The SMILES string of the molecule is COc1cc(CO)ccc1Oc1nn(C)cc1[N+](=O)[O-]. The molecule has 1 heterocycles. The number of aryl methyl sites for hydroxylation is 1. The molecule has 0 fully saturated rings. The number of aromatic nitrogens is 2. The van der Waals surface area contributed by atoms with Crippen LogP contribution in [0.1, 0.15) is 5.56 Å². The average molecular weight is 279 g/mol. The number of aliphatic hydroxyl groups excluding tert-OH is 1. The van der Waals surface area contributed by atoms with Crippen molar-refractivity contribution >= 4 is 5.69 Å². The lowest BCUT2D eigenvalue weighted by Gasteiger charge is -2.09. The monoisotopic (exact) mass is 279 g/mol.